The lowest BCUT2D eigenvalue weighted by atomic mass is 10.2. The summed E-state index contributed by atoms with van der Waals surface area (Å²) in [6.07, 6.45) is 4.68. The third-order valence-electron chi connectivity index (χ3n) is 1.78. The Labute approximate surface area is 56.4 Å². The van der Waals surface area contributed by atoms with Crippen molar-refractivity contribution in [1.82, 2.24) is 0 Å². The van der Waals surface area contributed by atoms with E-state index in [1.807, 2.05) is 0 Å². The molecule has 0 spiro atoms. The fourth-order valence-electron chi connectivity index (χ4n) is 1.02. The quantitative estimate of drug-likeness (QED) is 0.452. The smallest absolute Gasteiger partial charge is 0.0839 e. The molecule has 0 aromatic carbocycles. The monoisotopic (exact) mass is 129 g/mol. The van der Waals surface area contributed by atoms with E-state index in [4.69, 9.17) is 10.5 Å². The van der Waals surface area contributed by atoms with Gasteiger partial charge in [-0.25, -0.2) is 0 Å². The second-order valence-corrected chi connectivity index (χ2v) is 2.66. The van der Waals surface area contributed by atoms with Crippen LogP contribution in [0.1, 0.15) is 26.2 Å². The molecule has 2 nitrogen and oxygen atoms in total. The first-order chi connectivity index (χ1) is 4.34. The SMILES string of the molecule is CC1OC1CCCCN. The molecule has 0 bridgehead atoms. The highest BCUT2D eigenvalue weighted by Gasteiger charge is 2.32. The Morgan fingerprint density at radius 1 is 1.44 bits per heavy atom. The first kappa shape index (κ1) is 7.03. The van der Waals surface area contributed by atoms with Crippen LogP contribution in [0, 0.1) is 0 Å². The van der Waals surface area contributed by atoms with Gasteiger partial charge in [-0.05, 0) is 32.7 Å². The van der Waals surface area contributed by atoms with E-state index in [9.17, 15) is 0 Å². The number of unbranched alkanes of at least 4 members (excludes halogenated alkanes) is 1. The van der Waals surface area contributed by atoms with E-state index in [0.29, 0.717) is 12.2 Å². The van der Waals surface area contributed by atoms with E-state index in [1.54, 1.807) is 0 Å². The molecule has 1 fully saturated rings. The maximum atomic E-state index is 5.33. The van der Waals surface area contributed by atoms with Gasteiger partial charge in [0.05, 0.1) is 12.2 Å². The minimum Gasteiger partial charge on any atom is -0.370 e. The van der Waals surface area contributed by atoms with E-state index >= 15 is 0 Å². The highest BCUT2D eigenvalue weighted by molar-refractivity contribution is 4.79. The normalized spacial score (nSPS) is 32.7. The minimum absolute atomic E-state index is 0.530. The van der Waals surface area contributed by atoms with Crippen LogP contribution in [0.3, 0.4) is 0 Å². The molecule has 0 aliphatic carbocycles. The first-order valence-corrected chi connectivity index (χ1v) is 3.70. The van der Waals surface area contributed by atoms with E-state index in [1.165, 1.54) is 12.8 Å². The van der Waals surface area contributed by atoms with Gasteiger partial charge in [0, 0.05) is 0 Å². The van der Waals surface area contributed by atoms with Crippen molar-refractivity contribution >= 4 is 0 Å². The molecule has 1 saturated heterocycles. The van der Waals surface area contributed by atoms with Crippen molar-refractivity contribution in [2.45, 2.75) is 38.4 Å². The van der Waals surface area contributed by atoms with Gasteiger partial charge in [0.25, 0.3) is 0 Å². The third kappa shape index (κ3) is 2.33. The summed E-state index contributed by atoms with van der Waals surface area (Å²) in [6.45, 7) is 2.94. The van der Waals surface area contributed by atoms with Crippen molar-refractivity contribution in [3.05, 3.63) is 0 Å². The molecule has 2 N–H and O–H groups in total. The van der Waals surface area contributed by atoms with Crippen LogP contribution >= 0.6 is 0 Å². The molecule has 1 heterocycles. The Hall–Kier alpha value is -0.0800. The molecule has 9 heavy (non-hydrogen) atoms. The van der Waals surface area contributed by atoms with Gasteiger partial charge < -0.3 is 10.5 Å². The summed E-state index contributed by atoms with van der Waals surface area (Å²) in [6, 6.07) is 0. The molecule has 0 amide bonds. The van der Waals surface area contributed by atoms with Gasteiger partial charge in [-0.2, -0.15) is 0 Å². The van der Waals surface area contributed by atoms with Crippen LogP contribution in [0.25, 0.3) is 0 Å². The average molecular weight is 129 g/mol. The largest absolute Gasteiger partial charge is 0.370 e. The summed E-state index contributed by atoms with van der Waals surface area (Å²) in [7, 11) is 0. The number of rotatable bonds is 4. The lowest BCUT2D eigenvalue weighted by Gasteiger charge is -1.91. The van der Waals surface area contributed by atoms with Crippen molar-refractivity contribution in [2.24, 2.45) is 5.73 Å². The fourth-order valence-corrected chi connectivity index (χ4v) is 1.02. The van der Waals surface area contributed by atoms with Crippen molar-refractivity contribution in [2.75, 3.05) is 6.54 Å². The molecule has 0 aromatic rings. The van der Waals surface area contributed by atoms with Crippen LogP contribution in [0.15, 0.2) is 0 Å². The number of nitrogens with two attached hydrogens (primary N) is 1. The summed E-state index contributed by atoms with van der Waals surface area (Å²) < 4.78 is 5.22. The first-order valence-electron chi connectivity index (χ1n) is 3.70. The molecule has 1 aliphatic heterocycles. The summed E-state index contributed by atoms with van der Waals surface area (Å²) >= 11 is 0. The van der Waals surface area contributed by atoms with Crippen LogP contribution < -0.4 is 5.73 Å². The Morgan fingerprint density at radius 2 is 2.11 bits per heavy atom. The summed E-state index contributed by atoms with van der Waals surface area (Å²) in [4.78, 5) is 0. The Morgan fingerprint density at radius 3 is 2.56 bits per heavy atom. The van der Waals surface area contributed by atoms with Gasteiger partial charge in [0.15, 0.2) is 0 Å². The van der Waals surface area contributed by atoms with Crippen LogP contribution in [0.2, 0.25) is 0 Å². The highest BCUT2D eigenvalue weighted by Crippen LogP contribution is 2.25. The molecule has 1 rings (SSSR count). The van der Waals surface area contributed by atoms with Crippen LogP contribution in [-0.2, 0) is 4.74 Å². The maximum absolute atomic E-state index is 5.33. The Kier molecular flexibility index (Phi) is 2.49. The number of hydrogen-bond acceptors (Lipinski definition) is 2. The zero-order chi connectivity index (χ0) is 6.69. The van der Waals surface area contributed by atoms with Gasteiger partial charge in [-0.1, -0.05) is 0 Å². The molecule has 54 valence electrons. The minimum atomic E-state index is 0.530. The van der Waals surface area contributed by atoms with Crippen LogP contribution in [-0.4, -0.2) is 18.8 Å². The third-order valence-corrected chi connectivity index (χ3v) is 1.78. The molecule has 0 saturated carbocycles. The van der Waals surface area contributed by atoms with Gasteiger partial charge in [0.2, 0.25) is 0 Å². The summed E-state index contributed by atoms with van der Waals surface area (Å²) in [5.74, 6) is 0. The number of ether oxygens (including phenoxy) is 1. The van der Waals surface area contributed by atoms with Gasteiger partial charge in [0.1, 0.15) is 0 Å². The van der Waals surface area contributed by atoms with E-state index in [0.717, 1.165) is 13.0 Å². The second kappa shape index (κ2) is 3.18. The van der Waals surface area contributed by atoms with Crippen LogP contribution in [0.5, 0.6) is 0 Å². The molecular formula is C7H15NO. The lowest BCUT2D eigenvalue weighted by molar-refractivity contribution is 0.366. The van der Waals surface area contributed by atoms with Crippen LogP contribution in [0.4, 0.5) is 0 Å². The lowest BCUT2D eigenvalue weighted by Crippen LogP contribution is -1.99. The maximum Gasteiger partial charge on any atom is 0.0839 e. The molecule has 0 radical (unpaired) electrons. The fraction of sp³-hybridized carbons (Fsp3) is 1.00. The predicted molar refractivity (Wildman–Crippen MR) is 37.2 cm³/mol. The average Bonchev–Trinajstić information content (AvgIpc) is 2.48. The van der Waals surface area contributed by atoms with Crippen molar-refractivity contribution in [1.29, 1.82) is 0 Å². The van der Waals surface area contributed by atoms with Crippen molar-refractivity contribution < 1.29 is 4.74 Å². The molecule has 0 aromatic heterocycles. The predicted octanol–water partition coefficient (Wildman–Crippen LogP) is 0.903. The topological polar surface area (TPSA) is 38.5 Å². The molecule has 1 aliphatic rings. The summed E-state index contributed by atoms with van der Waals surface area (Å²) in [5.41, 5.74) is 5.33. The van der Waals surface area contributed by atoms with E-state index in [2.05, 4.69) is 6.92 Å². The zero-order valence-electron chi connectivity index (χ0n) is 5.97. The van der Waals surface area contributed by atoms with Gasteiger partial charge in [-0.3, -0.25) is 0 Å². The van der Waals surface area contributed by atoms with Crippen molar-refractivity contribution in [3.63, 3.8) is 0 Å². The molecule has 2 unspecified atom stereocenters. The second-order valence-electron chi connectivity index (χ2n) is 2.66. The Bertz CT molecular complexity index is 85.0. The number of epoxide rings is 1. The zero-order valence-corrected chi connectivity index (χ0v) is 5.97. The van der Waals surface area contributed by atoms with E-state index < -0.39 is 0 Å². The molecule has 2 heteroatoms. The van der Waals surface area contributed by atoms with Gasteiger partial charge >= 0.3 is 0 Å². The molecule has 2 atom stereocenters. The van der Waals surface area contributed by atoms with E-state index in [-0.39, 0.29) is 0 Å². The Balaban J connectivity index is 1.83. The number of hydrogen-bond donors (Lipinski definition) is 1. The highest BCUT2D eigenvalue weighted by atomic mass is 16.6. The summed E-state index contributed by atoms with van der Waals surface area (Å²) in [5, 5.41) is 0. The molecular weight excluding hydrogens is 114 g/mol. The van der Waals surface area contributed by atoms with Gasteiger partial charge in [-0.15, -0.1) is 0 Å². The standard InChI is InChI=1S/C7H15NO/c1-6-7(9-6)4-2-3-5-8/h6-7H,2-5,8H2,1H3. The van der Waals surface area contributed by atoms with Crippen molar-refractivity contribution in [3.8, 4) is 0 Å².